The molecule has 4 rings (SSSR count). The summed E-state index contributed by atoms with van der Waals surface area (Å²) >= 11 is 6.64. The molecule has 1 saturated heterocycles. The number of benzene rings is 2. The van der Waals surface area contributed by atoms with Crippen molar-refractivity contribution >= 4 is 57.9 Å². The van der Waals surface area contributed by atoms with Gasteiger partial charge in [-0.1, -0.05) is 23.7 Å². The first-order valence-electron chi connectivity index (χ1n) is 10.3. The topological polar surface area (TPSA) is 123 Å². The van der Waals surface area contributed by atoms with Gasteiger partial charge in [-0.15, -0.1) is 0 Å². The maximum Gasteiger partial charge on any atom is 0.294 e. The first-order chi connectivity index (χ1) is 16.6. The number of thioether (sulfide) groups is 1. The summed E-state index contributed by atoms with van der Waals surface area (Å²) < 4.78 is 5.70. The Kier molecular flexibility index (Phi) is 6.77. The molecule has 9 nitrogen and oxygen atoms in total. The number of furan rings is 1. The minimum absolute atomic E-state index is 0.0704. The van der Waals surface area contributed by atoms with E-state index in [9.17, 15) is 24.5 Å². The van der Waals surface area contributed by atoms with Gasteiger partial charge in [-0.3, -0.25) is 29.4 Å². The summed E-state index contributed by atoms with van der Waals surface area (Å²) in [6.07, 6.45) is 1.37. The molecule has 1 aliphatic rings. The third-order valence-electron chi connectivity index (χ3n) is 5.16. The van der Waals surface area contributed by atoms with Crippen LogP contribution in [0.4, 0.5) is 16.2 Å². The van der Waals surface area contributed by atoms with Gasteiger partial charge in [-0.25, -0.2) is 0 Å². The van der Waals surface area contributed by atoms with E-state index >= 15 is 0 Å². The van der Waals surface area contributed by atoms with Crippen LogP contribution in [0.15, 0.2) is 57.9 Å². The SMILES string of the molecule is Cc1ccc(-c2ccc(/C=C3/SC(=O)N(CC(=O)Nc4cc(Cl)ccc4C)C3=O)o2)c([N+](=O)[O-])c1. The number of imide groups is 1. The monoisotopic (exact) mass is 511 g/mol. The Morgan fingerprint density at radius 1 is 1.17 bits per heavy atom. The lowest BCUT2D eigenvalue weighted by molar-refractivity contribution is -0.384. The molecule has 0 radical (unpaired) electrons. The van der Waals surface area contributed by atoms with E-state index in [1.54, 1.807) is 56.3 Å². The predicted molar refractivity (Wildman–Crippen MR) is 133 cm³/mol. The molecule has 1 aliphatic heterocycles. The number of rotatable bonds is 6. The van der Waals surface area contributed by atoms with E-state index in [2.05, 4.69) is 5.32 Å². The van der Waals surface area contributed by atoms with Gasteiger partial charge in [0.15, 0.2) is 0 Å². The number of hydrogen-bond acceptors (Lipinski definition) is 7. The molecule has 2 aromatic carbocycles. The van der Waals surface area contributed by atoms with Crippen molar-refractivity contribution in [2.45, 2.75) is 13.8 Å². The second-order valence-electron chi connectivity index (χ2n) is 7.76. The van der Waals surface area contributed by atoms with Gasteiger partial charge in [0.25, 0.3) is 16.8 Å². The number of aryl methyl sites for hydroxylation is 2. The van der Waals surface area contributed by atoms with Crippen LogP contribution in [0.3, 0.4) is 0 Å². The van der Waals surface area contributed by atoms with Gasteiger partial charge in [0.2, 0.25) is 5.91 Å². The third-order valence-corrected chi connectivity index (χ3v) is 6.31. The number of halogens is 1. The maximum atomic E-state index is 12.8. The van der Waals surface area contributed by atoms with Gasteiger partial charge < -0.3 is 9.73 Å². The molecule has 2 heterocycles. The van der Waals surface area contributed by atoms with Crippen LogP contribution in [-0.4, -0.2) is 33.4 Å². The van der Waals surface area contributed by atoms with Crippen molar-refractivity contribution in [3.8, 4) is 11.3 Å². The van der Waals surface area contributed by atoms with Gasteiger partial charge in [0, 0.05) is 22.9 Å². The average Bonchev–Trinajstić information content (AvgIpc) is 3.36. The standard InChI is InChI=1S/C24H18ClN3O6S/c1-13-3-7-17(19(9-13)28(32)33)20-8-6-16(34-20)11-21-23(30)27(24(31)35-21)12-22(29)26-18-10-15(25)5-4-14(18)2/h3-11H,12H2,1-2H3,(H,26,29)/b21-11+. The van der Waals surface area contributed by atoms with Crippen LogP contribution >= 0.6 is 23.4 Å². The number of nitrogens with one attached hydrogen (secondary N) is 1. The number of carbonyl (C=O) groups is 3. The molecular formula is C24H18ClN3O6S. The first kappa shape index (κ1) is 24.2. The number of nitrogens with zero attached hydrogens (tertiary/aromatic N) is 2. The number of nitro benzene ring substituents is 1. The molecule has 3 aromatic rings. The van der Waals surface area contributed by atoms with Gasteiger partial charge in [0.1, 0.15) is 18.1 Å². The zero-order chi connectivity index (χ0) is 25.3. The third kappa shape index (κ3) is 5.28. The van der Waals surface area contributed by atoms with Crippen molar-refractivity contribution in [2.75, 3.05) is 11.9 Å². The summed E-state index contributed by atoms with van der Waals surface area (Å²) in [5.41, 5.74) is 2.18. The van der Waals surface area contributed by atoms with Crippen molar-refractivity contribution in [3.05, 3.63) is 85.5 Å². The quantitative estimate of drug-likeness (QED) is 0.252. The van der Waals surface area contributed by atoms with Gasteiger partial charge in [-0.2, -0.15) is 0 Å². The second kappa shape index (κ2) is 9.77. The van der Waals surface area contributed by atoms with Gasteiger partial charge in [0.05, 0.1) is 15.4 Å². The lowest BCUT2D eigenvalue weighted by atomic mass is 10.1. The molecule has 0 bridgehead atoms. The Morgan fingerprint density at radius 3 is 2.69 bits per heavy atom. The van der Waals surface area contributed by atoms with E-state index in [0.29, 0.717) is 28.0 Å². The number of amides is 3. The molecule has 0 spiro atoms. The molecule has 0 unspecified atom stereocenters. The summed E-state index contributed by atoms with van der Waals surface area (Å²) in [4.78, 5) is 49.4. The minimum atomic E-state index is -0.641. The summed E-state index contributed by atoms with van der Waals surface area (Å²) in [6, 6.07) is 12.9. The van der Waals surface area contributed by atoms with E-state index in [4.69, 9.17) is 16.0 Å². The fourth-order valence-corrected chi connectivity index (χ4v) is 4.39. The Morgan fingerprint density at radius 2 is 1.94 bits per heavy atom. The number of anilines is 1. The van der Waals surface area contributed by atoms with Crippen LogP contribution < -0.4 is 5.32 Å². The average molecular weight is 512 g/mol. The first-order valence-corrected chi connectivity index (χ1v) is 11.5. The molecule has 3 amide bonds. The molecule has 11 heteroatoms. The van der Waals surface area contributed by atoms with Crippen molar-refractivity contribution in [1.29, 1.82) is 0 Å². The zero-order valence-electron chi connectivity index (χ0n) is 18.5. The van der Waals surface area contributed by atoms with Crippen LogP contribution in [0.1, 0.15) is 16.9 Å². The molecular weight excluding hydrogens is 494 g/mol. The molecule has 0 aliphatic carbocycles. The van der Waals surface area contributed by atoms with Crippen molar-refractivity contribution in [1.82, 2.24) is 4.90 Å². The Bertz CT molecular complexity index is 1410. The molecule has 0 atom stereocenters. The van der Waals surface area contributed by atoms with Crippen molar-refractivity contribution in [2.24, 2.45) is 0 Å². The summed E-state index contributed by atoms with van der Waals surface area (Å²) in [5.74, 6) is -0.707. The highest BCUT2D eigenvalue weighted by Gasteiger charge is 2.36. The smallest absolute Gasteiger partial charge is 0.294 e. The normalized spacial score (nSPS) is 14.6. The number of nitro groups is 1. The molecule has 178 valence electrons. The van der Waals surface area contributed by atoms with E-state index in [-0.39, 0.29) is 22.1 Å². The highest BCUT2D eigenvalue weighted by Crippen LogP contribution is 2.35. The van der Waals surface area contributed by atoms with Crippen LogP contribution in [-0.2, 0) is 9.59 Å². The maximum absolute atomic E-state index is 12.8. The summed E-state index contributed by atoms with van der Waals surface area (Å²) in [6.45, 7) is 3.07. The van der Waals surface area contributed by atoms with E-state index in [0.717, 1.165) is 16.0 Å². The Hall–Kier alpha value is -3.89. The summed E-state index contributed by atoms with van der Waals surface area (Å²) in [7, 11) is 0. The van der Waals surface area contributed by atoms with Gasteiger partial charge in [-0.05, 0) is 67.1 Å². The molecule has 35 heavy (non-hydrogen) atoms. The fourth-order valence-electron chi connectivity index (χ4n) is 3.40. The number of carbonyl (C=O) groups excluding carboxylic acids is 3. The van der Waals surface area contributed by atoms with E-state index in [1.165, 1.54) is 12.1 Å². The van der Waals surface area contributed by atoms with Crippen LogP contribution in [0, 0.1) is 24.0 Å². The summed E-state index contributed by atoms with van der Waals surface area (Å²) in [5, 5.41) is 13.9. The Labute approximate surface area is 208 Å². The number of hydrogen-bond donors (Lipinski definition) is 1. The molecule has 1 fully saturated rings. The zero-order valence-corrected chi connectivity index (χ0v) is 20.1. The molecule has 0 saturated carbocycles. The van der Waals surface area contributed by atoms with Crippen LogP contribution in [0.2, 0.25) is 5.02 Å². The highest BCUT2D eigenvalue weighted by molar-refractivity contribution is 8.18. The van der Waals surface area contributed by atoms with Crippen LogP contribution in [0.25, 0.3) is 17.4 Å². The minimum Gasteiger partial charge on any atom is -0.456 e. The second-order valence-corrected chi connectivity index (χ2v) is 9.18. The molecule has 1 aromatic heterocycles. The van der Waals surface area contributed by atoms with Gasteiger partial charge >= 0.3 is 0 Å². The predicted octanol–water partition coefficient (Wildman–Crippen LogP) is 5.80. The van der Waals surface area contributed by atoms with Crippen LogP contribution in [0.5, 0.6) is 0 Å². The van der Waals surface area contributed by atoms with Crippen molar-refractivity contribution < 1.29 is 23.7 Å². The van der Waals surface area contributed by atoms with E-state index in [1.807, 2.05) is 0 Å². The lowest BCUT2D eigenvalue weighted by Crippen LogP contribution is -2.36. The lowest BCUT2D eigenvalue weighted by Gasteiger charge is -2.13. The Balaban J connectivity index is 1.50. The van der Waals surface area contributed by atoms with E-state index < -0.39 is 28.5 Å². The molecule has 1 N–H and O–H groups in total. The highest BCUT2D eigenvalue weighted by atomic mass is 35.5. The largest absolute Gasteiger partial charge is 0.456 e. The fraction of sp³-hybridized carbons (Fsp3) is 0.125. The van der Waals surface area contributed by atoms with Crippen molar-refractivity contribution in [3.63, 3.8) is 0 Å².